The molecule has 1 atom stereocenters. The van der Waals surface area contributed by atoms with Crippen LogP contribution in [-0.2, 0) is 9.53 Å². The zero-order valence-electron chi connectivity index (χ0n) is 10.8. The molecule has 1 aliphatic carbocycles. The lowest BCUT2D eigenvalue weighted by molar-refractivity contribution is -0.175. The van der Waals surface area contributed by atoms with Crippen molar-refractivity contribution in [2.24, 2.45) is 17.8 Å². The molecule has 94 valence electrons. The molecule has 0 aromatic rings. The van der Waals surface area contributed by atoms with Crippen molar-refractivity contribution < 1.29 is 14.6 Å². The third kappa shape index (κ3) is 2.57. The van der Waals surface area contributed by atoms with Crippen LogP contribution in [0.4, 0.5) is 0 Å². The average molecular weight is 228 g/mol. The predicted octanol–water partition coefficient (Wildman–Crippen LogP) is 2.37. The van der Waals surface area contributed by atoms with Gasteiger partial charge in [0.15, 0.2) is 0 Å². The molecule has 0 aromatic heterocycles. The molecule has 0 bridgehead atoms. The van der Waals surface area contributed by atoms with Gasteiger partial charge >= 0.3 is 5.97 Å². The molecular formula is C13H24O3. The Hall–Kier alpha value is -0.570. The highest BCUT2D eigenvalue weighted by molar-refractivity contribution is 5.74. The maximum Gasteiger partial charge on any atom is 0.311 e. The van der Waals surface area contributed by atoms with Gasteiger partial charge in [-0.05, 0) is 38.0 Å². The Morgan fingerprint density at radius 3 is 2.38 bits per heavy atom. The van der Waals surface area contributed by atoms with Crippen molar-refractivity contribution in [3.8, 4) is 0 Å². The van der Waals surface area contributed by atoms with Crippen LogP contribution in [0, 0.1) is 17.8 Å². The Morgan fingerprint density at radius 1 is 1.44 bits per heavy atom. The summed E-state index contributed by atoms with van der Waals surface area (Å²) in [6, 6.07) is 0. The molecule has 0 aromatic carbocycles. The Morgan fingerprint density at radius 2 is 2.00 bits per heavy atom. The molecule has 3 heteroatoms. The Balaban J connectivity index is 2.58. The molecule has 0 aliphatic heterocycles. The molecule has 16 heavy (non-hydrogen) atoms. The third-order valence-electron chi connectivity index (χ3n) is 3.80. The number of carbonyl (C=O) groups excluding carboxylic acids is 1. The standard InChI is InChI=1S/C13H24O3/c1-5-11(12(14)16-6-2)13(15)7-10(8-13)9(3)4/h9-11,15H,5-8H2,1-4H3. The second-order valence-electron chi connectivity index (χ2n) is 5.23. The molecular weight excluding hydrogens is 204 g/mol. The molecule has 1 fully saturated rings. The van der Waals surface area contributed by atoms with E-state index in [4.69, 9.17) is 4.74 Å². The van der Waals surface area contributed by atoms with Crippen molar-refractivity contribution >= 4 is 5.97 Å². The van der Waals surface area contributed by atoms with Gasteiger partial charge in [0.2, 0.25) is 0 Å². The summed E-state index contributed by atoms with van der Waals surface area (Å²) in [5.74, 6) is 0.547. The minimum absolute atomic E-state index is 0.241. The van der Waals surface area contributed by atoms with Gasteiger partial charge in [-0.2, -0.15) is 0 Å². The Labute approximate surface area is 98.2 Å². The second-order valence-corrected chi connectivity index (χ2v) is 5.23. The van der Waals surface area contributed by atoms with E-state index >= 15 is 0 Å². The molecule has 1 unspecified atom stereocenters. The number of hydrogen-bond acceptors (Lipinski definition) is 3. The monoisotopic (exact) mass is 228 g/mol. The fraction of sp³-hybridized carbons (Fsp3) is 0.923. The Kier molecular flexibility index (Phi) is 4.36. The molecule has 3 nitrogen and oxygen atoms in total. The zero-order valence-corrected chi connectivity index (χ0v) is 10.8. The van der Waals surface area contributed by atoms with Crippen molar-refractivity contribution in [1.82, 2.24) is 0 Å². The van der Waals surface area contributed by atoms with E-state index in [1.165, 1.54) is 0 Å². The SMILES string of the molecule is CCOC(=O)C(CC)C1(O)CC(C(C)C)C1. The van der Waals surface area contributed by atoms with E-state index in [-0.39, 0.29) is 11.9 Å². The lowest BCUT2D eigenvalue weighted by Crippen LogP contribution is -2.53. The quantitative estimate of drug-likeness (QED) is 0.735. The molecule has 0 saturated heterocycles. The van der Waals surface area contributed by atoms with Crippen LogP contribution in [-0.4, -0.2) is 23.3 Å². The van der Waals surface area contributed by atoms with E-state index in [1.807, 2.05) is 6.92 Å². The summed E-state index contributed by atoms with van der Waals surface area (Å²) in [6.45, 7) is 8.44. The first-order valence-corrected chi connectivity index (χ1v) is 6.33. The summed E-state index contributed by atoms with van der Waals surface area (Å²) in [5.41, 5.74) is -0.810. The fourth-order valence-corrected chi connectivity index (χ4v) is 2.61. The van der Waals surface area contributed by atoms with Crippen LogP contribution in [0.1, 0.15) is 47.0 Å². The normalized spacial score (nSPS) is 31.0. The van der Waals surface area contributed by atoms with Gasteiger partial charge in [-0.15, -0.1) is 0 Å². The zero-order chi connectivity index (χ0) is 12.3. The van der Waals surface area contributed by atoms with Gasteiger partial charge in [-0.3, -0.25) is 4.79 Å². The lowest BCUT2D eigenvalue weighted by Gasteiger charge is -2.49. The van der Waals surface area contributed by atoms with Gasteiger partial charge in [0.1, 0.15) is 0 Å². The minimum Gasteiger partial charge on any atom is -0.466 e. The highest BCUT2D eigenvalue weighted by Gasteiger charge is 2.51. The van der Waals surface area contributed by atoms with E-state index in [9.17, 15) is 9.90 Å². The molecule has 1 N–H and O–H groups in total. The first-order valence-electron chi connectivity index (χ1n) is 6.33. The average Bonchev–Trinajstić information content (AvgIpc) is 2.14. The van der Waals surface area contributed by atoms with Crippen molar-refractivity contribution in [3.05, 3.63) is 0 Å². The second kappa shape index (κ2) is 5.17. The molecule has 0 heterocycles. The molecule has 1 aliphatic rings. The number of aliphatic hydroxyl groups is 1. The molecule has 1 rings (SSSR count). The van der Waals surface area contributed by atoms with E-state index in [0.29, 0.717) is 24.9 Å². The summed E-state index contributed by atoms with van der Waals surface area (Å²) in [7, 11) is 0. The van der Waals surface area contributed by atoms with Crippen LogP contribution in [0.5, 0.6) is 0 Å². The van der Waals surface area contributed by atoms with E-state index in [1.54, 1.807) is 6.92 Å². The summed E-state index contributed by atoms with van der Waals surface area (Å²) in [6.07, 6.45) is 2.13. The van der Waals surface area contributed by atoms with Gasteiger partial charge in [-0.25, -0.2) is 0 Å². The summed E-state index contributed by atoms with van der Waals surface area (Å²) in [5, 5.41) is 10.4. The number of ether oxygens (including phenoxy) is 1. The van der Waals surface area contributed by atoms with Crippen LogP contribution in [0.2, 0.25) is 0 Å². The molecule has 1 saturated carbocycles. The topological polar surface area (TPSA) is 46.5 Å². The summed E-state index contributed by atoms with van der Waals surface area (Å²) in [4.78, 5) is 11.7. The summed E-state index contributed by atoms with van der Waals surface area (Å²) >= 11 is 0. The Bertz CT molecular complexity index is 242. The van der Waals surface area contributed by atoms with Gasteiger partial charge in [0, 0.05) is 0 Å². The minimum atomic E-state index is -0.810. The highest BCUT2D eigenvalue weighted by Crippen LogP contribution is 2.47. The largest absolute Gasteiger partial charge is 0.466 e. The first-order chi connectivity index (χ1) is 7.44. The van der Waals surface area contributed by atoms with Crippen LogP contribution >= 0.6 is 0 Å². The lowest BCUT2D eigenvalue weighted by atomic mass is 9.60. The number of carbonyl (C=O) groups is 1. The number of hydrogen-bond donors (Lipinski definition) is 1. The highest BCUT2D eigenvalue weighted by atomic mass is 16.5. The van der Waals surface area contributed by atoms with Gasteiger partial charge < -0.3 is 9.84 Å². The van der Waals surface area contributed by atoms with E-state index < -0.39 is 5.60 Å². The predicted molar refractivity (Wildman–Crippen MR) is 62.9 cm³/mol. The smallest absolute Gasteiger partial charge is 0.311 e. The summed E-state index contributed by atoms with van der Waals surface area (Å²) < 4.78 is 5.01. The van der Waals surface area contributed by atoms with Crippen LogP contribution in [0.3, 0.4) is 0 Å². The maximum absolute atomic E-state index is 11.7. The molecule has 0 amide bonds. The van der Waals surface area contributed by atoms with Crippen LogP contribution in [0.25, 0.3) is 0 Å². The van der Waals surface area contributed by atoms with Crippen LogP contribution < -0.4 is 0 Å². The van der Waals surface area contributed by atoms with Crippen molar-refractivity contribution in [2.45, 2.75) is 52.6 Å². The molecule has 0 radical (unpaired) electrons. The van der Waals surface area contributed by atoms with Gasteiger partial charge in [0.25, 0.3) is 0 Å². The molecule has 0 spiro atoms. The van der Waals surface area contributed by atoms with Crippen molar-refractivity contribution in [2.75, 3.05) is 6.61 Å². The van der Waals surface area contributed by atoms with Crippen LogP contribution in [0.15, 0.2) is 0 Å². The van der Waals surface area contributed by atoms with E-state index in [2.05, 4.69) is 13.8 Å². The van der Waals surface area contributed by atoms with Gasteiger partial charge in [0.05, 0.1) is 18.1 Å². The van der Waals surface area contributed by atoms with Gasteiger partial charge in [-0.1, -0.05) is 20.8 Å². The first kappa shape index (κ1) is 13.5. The maximum atomic E-state index is 11.7. The fourth-order valence-electron chi connectivity index (χ4n) is 2.61. The number of rotatable bonds is 5. The number of esters is 1. The van der Waals surface area contributed by atoms with Crippen molar-refractivity contribution in [1.29, 1.82) is 0 Å². The van der Waals surface area contributed by atoms with Crippen molar-refractivity contribution in [3.63, 3.8) is 0 Å². The third-order valence-corrected chi connectivity index (χ3v) is 3.80. The van der Waals surface area contributed by atoms with E-state index in [0.717, 1.165) is 12.8 Å².